The van der Waals surface area contributed by atoms with Gasteiger partial charge in [-0.05, 0) is 6.92 Å². The molecule has 1 aromatic rings. The summed E-state index contributed by atoms with van der Waals surface area (Å²) in [6, 6.07) is -0.369. The topological polar surface area (TPSA) is 72.0 Å². The Balaban J connectivity index is 2.74. The summed E-state index contributed by atoms with van der Waals surface area (Å²) in [4.78, 5) is 0. The summed E-state index contributed by atoms with van der Waals surface area (Å²) in [6.07, 6.45) is 0. The van der Waals surface area contributed by atoms with Crippen molar-refractivity contribution in [3.05, 3.63) is 10.0 Å². The van der Waals surface area contributed by atoms with Crippen LogP contribution in [-0.2, 0) is 0 Å². The van der Waals surface area contributed by atoms with E-state index in [-0.39, 0.29) is 12.6 Å². The molecule has 0 spiro atoms. The highest BCUT2D eigenvalue weighted by atomic mass is 32.1. The summed E-state index contributed by atoms with van der Waals surface area (Å²) in [6.45, 7) is 1.78. The lowest BCUT2D eigenvalue weighted by Gasteiger charge is -1.99. The maximum Gasteiger partial charge on any atom is 0.136 e. The van der Waals surface area contributed by atoms with Gasteiger partial charge in [-0.25, -0.2) is 0 Å². The van der Waals surface area contributed by atoms with Crippen molar-refractivity contribution in [1.82, 2.24) is 10.2 Å². The SMILES string of the molecule is Cc1nnc(C(N)CO)s1. The van der Waals surface area contributed by atoms with E-state index in [1.807, 2.05) is 6.92 Å². The molecule has 4 nitrogen and oxygen atoms in total. The smallest absolute Gasteiger partial charge is 0.136 e. The Morgan fingerprint density at radius 1 is 1.70 bits per heavy atom. The van der Waals surface area contributed by atoms with E-state index in [2.05, 4.69) is 10.2 Å². The molecule has 1 unspecified atom stereocenters. The Morgan fingerprint density at radius 3 is 2.80 bits per heavy atom. The number of aliphatic hydroxyl groups excluding tert-OH is 1. The lowest BCUT2D eigenvalue weighted by Crippen LogP contribution is -2.13. The Kier molecular flexibility index (Phi) is 2.31. The number of hydrogen-bond acceptors (Lipinski definition) is 5. The number of hydrogen-bond donors (Lipinski definition) is 2. The Hall–Kier alpha value is -0.520. The maximum absolute atomic E-state index is 8.61. The molecule has 0 aliphatic rings. The second kappa shape index (κ2) is 3.05. The summed E-state index contributed by atoms with van der Waals surface area (Å²) >= 11 is 1.41. The molecular formula is C5H9N3OS. The zero-order valence-corrected chi connectivity index (χ0v) is 6.43. The summed E-state index contributed by atoms with van der Waals surface area (Å²) in [5, 5.41) is 17.7. The average molecular weight is 159 g/mol. The molecule has 0 radical (unpaired) electrons. The third kappa shape index (κ3) is 1.50. The van der Waals surface area contributed by atoms with Crippen LogP contribution in [0.4, 0.5) is 0 Å². The highest BCUT2D eigenvalue weighted by Crippen LogP contribution is 2.13. The van der Waals surface area contributed by atoms with Gasteiger partial charge in [0.05, 0.1) is 12.6 Å². The van der Waals surface area contributed by atoms with Crippen molar-refractivity contribution in [2.75, 3.05) is 6.61 Å². The number of aryl methyl sites for hydroxylation is 1. The van der Waals surface area contributed by atoms with E-state index in [0.717, 1.165) is 5.01 Å². The van der Waals surface area contributed by atoms with Gasteiger partial charge >= 0.3 is 0 Å². The molecule has 0 aliphatic carbocycles. The Labute approximate surface area is 62.7 Å². The minimum Gasteiger partial charge on any atom is -0.394 e. The van der Waals surface area contributed by atoms with Crippen LogP contribution in [0.15, 0.2) is 0 Å². The number of nitrogens with zero attached hydrogens (tertiary/aromatic N) is 2. The average Bonchev–Trinajstić information content (AvgIpc) is 2.34. The third-order valence-corrected chi connectivity index (χ3v) is 2.03. The summed E-state index contributed by atoms with van der Waals surface area (Å²) in [5.41, 5.74) is 5.47. The first-order chi connectivity index (χ1) is 4.74. The quantitative estimate of drug-likeness (QED) is 0.629. The van der Waals surface area contributed by atoms with Gasteiger partial charge < -0.3 is 10.8 Å². The van der Waals surface area contributed by atoms with Crippen molar-refractivity contribution in [2.45, 2.75) is 13.0 Å². The van der Waals surface area contributed by atoms with Crippen molar-refractivity contribution >= 4 is 11.3 Å². The molecule has 1 atom stereocenters. The molecular weight excluding hydrogens is 150 g/mol. The van der Waals surface area contributed by atoms with Crippen molar-refractivity contribution in [1.29, 1.82) is 0 Å². The Bertz CT molecular complexity index is 212. The lowest BCUT2D eigenvalue weighted by molar-refractivity contribution is 0.267. The van der Waals surface area contributed by atoms with Crippen LogP contribution in [0.3, 0.4) is 0 Å². The summed E-state index contributed by atoms with van der Waals surface area (Å²) in [5.74, 6) is 0. The highest BCUT2D eigenvalue weighted by molar-refractivity contribution is 7.11. The molecule has 0 saturated carbocycles. The van der Waals surface area contributed by atoms with Crippen molar-refractivity contribution < 1.29 is 5.11 Å². The number of rotatable bonds is 2. The first-order valence-electron chi connectivity index (χ1n) is 2.90. The second-order valence-corrected chi connectivity index (χ2v) is 3.16. The van der Waals surface area contributed by atoms with Crippen LogP contribution in [0.25, 0.3) is 0 Å². The first kappa shape index (κ1) is 7.59. The van der Waals surface area contributed by atoms with Crippen molar-refractivity contribution in [2.24, 2.45) is 5.73 Å². The van der Waals surface area contributed by atoms with E-state index >= 15 is 0 Å². The number of aromatic nitrogens is 2. The zero-order valence-electron chi connectivity index (χ0n) is 5.61. The van der Waals surface area contributed by atoms with E-state index < -0.39 is 0 Å². The van der Waals surface area contributed by atoms with E-state index in [0.29, 0.717) is 5.01 Å². The standard InChI is InChI=1S/C5H9N3OS/c1-3-7-8-5(10-3)4(6)2-9/h4,9H,2,6H2,1H3. The molecule has 1 rings (SSSR count). The van der Waals surface area contributed by atoms with Gasteiger partial charge in [-0.3, -0.25) is 0 Å². The lowest BCUT2D eigenvalue weighted by atomic mass is 10.4. The fourth-order valence-electron chi connectivity index (χ4n) is 0.540. The molecule has 0 amide bonds. The van der Waals surface area contributed by atoms with Crippen LogP contribution in [0, 0.1) is 6.92 Å². The van der Waals surface area contributed by atoms with E-state index in [1.165, 1.54) is 11.3 Å². The second-order valence-electron chi connectivity index (χ2n) is 1.95. The van der Waals surface area contributed by atoms with Gasteiger partial charge in [-0.15, -0.1) is 21.5 Å². The van der Waals surface area contributed by atoms with Gasteiger partial charge in [0.15, 0.2) is 0 Å². The number of aliphatic hydroxyl groups is 1. The molecule has 3 N–H and O–H groups in total. The molecule has 1 heterocycles. The van der Waals surface area contributed by atoms with Gasteiger partial charge in [0.25, 0.3) is 0 Å². The highest BCUT2D eigenvalue weighted by Gasteiger charge is 2.08. The van der Waals surface area contributed by atoms with Gasteiger partial charge in [-0.2, -0.15) is 0 Å². The van der Waals surface area contributed by atoms with Crippen LogP contribution in [-0.4, -0.2) is 21.9 Å². The van der Waals surface area contributed by atoms with E-state index in [1.54, 1.807) is 0 Å². The van der Waals surface area contributed by atoms with Crippen molar-refractivity contribution in [3.63, 3.8) is 0 Å². The Morgan fingerprint density at radius 2 is 2.40 bits per heavy atom. The molecule has 0 aromatic carbocycles. The van der Waals surface area contributed by atoms with Gasteiger partial charge in [0.2, 0.25) is 0 Å². The fraction of sp³-hybridized carbons (Fsp3) is 0.600. The van der Waals surface area contributed by atoms with Crippen LogP contribution in [0.1, 0.15) is 16.1 Å². The minimum atomic E-state index is -0.369. The maximum atomic E-state index is 8.61. The molecule has 1 aromatic heterocycles. The number of nitrogens with two attached hydrogens (primary N) is 1. The van der Waals surface area contributed by atoms with E-state index in [9.17, 15) is 0 Å². The van der Waals surface area contributed by atoms with Crippen LogP contribution < -0.4 is 5.73 Å². The van der Waals surface area contributed by atoms with Gasteiger partial charge in [0.1, 0.15) is 10.0 Å². The normalized spacial score (nSPS) is 13.5. The van der Waals surface area contributed by atoms with E-state index in [4.69, 9.17) is 10.8 Å². The molecule has 0 saturated heterocycles. The monoisotopic (exact) mass is 159 g/mol. The predicted octanol–water partition coefficient (Wildman–Crippen LogP) is -0.161. The molecule has 56 valence electrons. The first-order valence-corrected chi connectivity index (χ1v) is 3.72. The van der Waals surface area contributed by atoms with Crippen molar-refractivity contribution in [3.8, 4) is 0 Å². The third-order valence-electron chi connectivity index (χ3n) is 1.06. The largest absolute Gasteiger partial charge is 0.394 e. The predicted molar refractivity (Wildman–Crippen MR) is 38.7 cm³/mol. The molecule has 0 fully saturated rings. The molecule has 0 bridgehead atoms. The van der Waals surface area contributed by atoms with Gasteiger partial charge in [0, 0.05) is 0 Å². The van der Waals surface area contributed by atoms with Crippen LogP contribution >= 0.6 is 11.3 Å². The fourth-order valence-corrected chi connectivity index (χ4v) is 1.23. The molecule has 0 aliphatic heterocycles. The van der Waals surface area contributed by atoms with Gasteiger partial charge in [-0.1, -0.05) is 0 Å². The minimum absolute atomic E-state index is 0.0748. The summed E-state index contributed by atoms with van der Waals surface area (Å²) < 4.78 is 0. The summed E-state index contributed by atoms with van der Waals surface area (Å²) in [7, 11) is 0. The zero-order chi connectivity index (χ0) is 7.56. The molecule has 10 heavy (non-hydrogen) atoms. The van der Waals surface area contributed by atoms with Crippen LogP contribution in [0.5, 0.6) is 0 Å². The van der Waals surface area contributed by atoms with Crippen LogP contribution in [0.2, 0.25) is 0 Å². The molecule has 5 heteroatoms.